The molecule has 0 amide bonds. The van der Waals surface area contributed by atoms with E-state index in [9.17, 15) is 4.79 Å². The first-order valence-corrected chi connectivity index (χ1v) is 6.62. The van der Waals surface area contributed by atoms with E-state index in [1.807, 2.05) is 41.9 Å². The van der Waals surface area contributed by atoms with Crippen LogP contribution in [0, 0.1) is 6.92 Å². The number of hydrogen-bond acceptors (Lipinski definition) is 3. The summed E-state index contributed by atoms with van der Waals surface area (Å²) in [5.41, 5.74) is 2.48. The van der Waals surface area contributed by atoms with Crippen molar-refractivity contribution in [3.63, 3.8) is 0 Å². The molecule has 0 aliphatic rings. The van der Waals surface area contributed by atoms with Gasteiger partial charge in [-0.05, 0) is 23.3 Å². The molecule has 3 heteroatoms. The Bertz CT molecular complexity index is 725. The number of nitrogens with zero attached hydrogens (tertiary/aromatic N) is 1. The summed E-state index contributed by atoms with van der Waals surface area (Å²) in [7, 11) is 0. The molecule has 3 aromatic rings. The van der Waals surface area contributed by atoms with Gasteiger partial charge in [0.2, 0.25) is 0 Å². The smallest absolute Gasteiger partial charge is 0.196 e. The maximum atomic E-state index is 12.5. The Balaban J connectivity index is 2.21. The van der Waals surface area contributed by atoms with Gasteiger partial charge in [-0.1, -0.05) is 24.3 Å². The molecule has 2 heterocycles. The van der Waals surface area contributed by atoms with E-state index in [1.54, 1.807) is 23.7 Å². The number of thiophene rings is 1. The first kappa shape index (κ1) is 11.1. The van der Waals surface area contributed by atoms with Crippen molar-refractivity contribution in [3.8, 4) is 0 Å². The second-order valence-corrected chi connectivity index (χ2v) is 4.95. The van der Waals surface area contributed by atoms with Crippen LogP contribution in [0.4, 0.5) is 0 Å². The number of aryl methyl sites for hydroxylation is 1. The van der Waals surface area contributed by atoms with E-state index in [0.29, 0.717) is 5.56 Å². The van der Waals surface area contributed by atoms with Gasteiger partial charge in [0.05, 0.1) is 0 Å². The zero-order chi connectivity index (χ0) is 12.5. The van der Waals surface area contributed by atoms with E-state index in [-0.39, 0.29) is 5.78 Å². The molecule has 0 aliphatic heterocycles. The van der Waals surface area contributed by atoms with Crippen LogP contribution in [0.1, 0.15) is 21.5 Å². The quantitative estimate of drug-likeness (QED) is 0.649. The summed E-state index contributed by atoms with van der Waals surface area (Å²) in [5, 5.41) is 5.85. The van der Waals surface area contributed by atoms with Crippen molar-refractivity contribution < 1.29 is 4.79 Å². The Morgan fingerprint density at radius 2 is 1.94 bits per heavy atom. The van der Waals surface area contributed by atoms with Crippen molar-refractivity contribution in [1.29, 1.82) is 0 Å². The molecule has 3 rings (SSSR count). The average molecular weight is 253 g/mol. The van der Waals surface area contributed by atoms with Crippen LogP contribution in [0.2, 0.25) is 0 Å². The van der Waals surface area contributed by atoms with Crippen LogP contribution in [0.3, 0.4) is 0 Å². The number of rotatable bonds is 2. The monoisotopic (exact) mass is 253 g/mol. The van der Waals surface area contributed by atoms with Crippen molar-refractivity contribution >= 4 is 27.9 Å². The molecular formula is C15H11NOS. The molecule has 0 fully saturated rings. The Labute approximate surface area is 109 Å². The Hall–Kier alpha value is -2.00. The van der Waals surface area contributed by atoms with Crippen LogP contribution < -0.4 is 0 Å². The Morgan fingerprint density at radius 3 is 2.72 bits per heavy atom. The molecule has 0 bridgehead atoms. The lowest BCUT2D eigenvalue weighted by atomic mass is 10.00. The highest BCUT2D eigenvalue weighted by Crippen LogP contribution is 2.23. The second-order valence-electron chi connectivity index (χ2n) is 4.21. The molecule has 0 atom stereocenters. The highest BCUT2D eigenvalue weighted by Gasteiger charge is 2.15. The van der Waals surface area contributed by atoms with E-state index in [1.165, 1.54) is 0 Å². The highest BCUT2D eigenvalue weighted by atomic mass is 32.1. The molecule has 1 aromatic carbocycles. The normalized spacial score (nSPS) is 10.7. The summed E-state index contributed by atoms with van der Waals surface area (Å²) in [5.74, 6) is 0.0537. The molecule has 0 saturated carbocycles. The van der Waals surface area contributed by atoms with Gasteiger partial charge in [0.15, 0.2) is 5.78 Å². The van der Waals surface area contributed by atoms with Crippen LogP contribution in [-0.4, -0.2) is 10.8 Å². The fourth-order valence-electron chi connectivity index (χ4n) is 2.04. The standard InChI is InChI=1S/C15H11NOS/c1-10-8-18-9-14(10)15(17)13-7-16-6-11-4-2-3-5-12(11)13/h2-9H,1H3. The number of pyridine rings is 1. The third-order valence-corrected chi connectivity index (χ3v) is 3.87. The first-order chi connectivity index (χ1) is 8.77. The minimum Gasteiger partial charge on any atom is -0.288 e. The van der Waals surface area contributed by atoms with Gasteiger partial charge in [-0.2, -0.15) is 11.3 Å². The topological polar surface area (TPSA) is 30.0 Å². The molecule has 2 aromatic heterocycles. The third-order valence-electron chi connectivity index (χ3n) is 3.01. The number of fused-ring (bicyclic) bond motifs is 1. The van der Waals surface area contributed by atoms with Crippen molar-refractivity contribution in [2.24, 2.45) is 0 Å². The maximum absolute atomic E-state index is 12.5. The van der Waals surface area contributed by atoms with Crippen LogP contribution in [-0.2, 0) is 0 Å². The molecule has 0 spiro atoms. The summed E-state index contributed by atoms with van der Waals surface area (Å²) in [6.07, 6.45) is 3.44. The van der Waals surface area contributed by atoms with E-state index >= 15 is 0 Å². The number of benzene rings is 1. The van der Waals surface area contributed by atoms with Crippen molar-refractivity contribution in [2.45, 2.75) is 6.92 Å². The van der Waals surface area contributed by atoms with Gasteiger partial charge in [0.25, 0.3) is 0 Å². The minimum absolute atomic E-state index is 0.0537. The summed E-state index contributed by atoms with van der Waals surface area (Å²) in [6, 6.07) is 7.83. The summed E-state index contributed by atoms with van der Waals surface area (Å²) in [6.45, 7) is 1.96. The van der Waals surface area contributed by atoms with Crippen LogP contribution in [0.25, 0.3) is 10.8 Å². The fraction of sp³-hybridized carbons (Fsp3) is 0.0667. The number of carbonyl (C=O) groups excluding carboxylic acids is 1. The largest absolute Gasteiger partial charge is 0.288 e. The average Bonchev–Trinajstić information content (AvgIpc) is 2.83. The first-order valence-electron chi connectivity index (χ1n) is 5.67. The number of hydrogen-bond donors (Lipinski definition) is 0. The Kier molecular flexibility index (Phi) is 2.68. The zero-order valence-electron chi connectivity index (χ0n) is 9.88. The molecule has 88 valence electrons. The van der Waals surface area contributed by atoms with Gasteiger partial charge in [-0.15, -0.1) is 0 Å². The molecule has 0 N–H and O–H groups in total. The number of ketones is 1. The molecule has 0 unspecified atom stereocenters. The molecule has 0 aliphatic carbocycles. The minimum atomic E-state index is 0.0537. The number of aromatic nitrogens is 1. The molecule has 0 saturated heterocycles. The van der Waals surface area contributed by atoms with Gasteiger partial charge in [-0.3, -0.25) is 9.78 Å². The lowest BCUT2D eigenvalue weighted by Crippen LogP contribution is -2.03. The predicted octanol–water partition coefficient (Wildman–Crippen LogP) is 3.84. The third kappa shape index (κ3) is 1.73. The van der Waals surface area contributed by atoms with Crippen molar-refractivity contribution in [1.82, 2.24) is 4.98 Å². The SMILES string of the molecule is Cc1cscc1C(=O)c1cncc2ccccc12. The maximum Gasteiger partial charge on any atom is 0.196 e. The summed E-state index contributed by atoms with van der Waals surface area (Å²) >= 11 is 1.55. The van der Waals surface area contributed by atoms with E-state index in [0.717, 1.165) is 21.9 Å². The van der Waals surface area contributed by atoms with Crippen LogP contribution in [0.15, 0.2) is 47.4 Å². The predicted molar refractivity (Wildman–Crippen MR) is 74.2 cm³/mol. The molecule has 2 nitrogen and oxygen atoms in total. The van der Waals surface area contributed by atoms with Crippen LogP contribution in [0.5, 0.6) is 0 Å². The molecule has 18 heavy (non-hydrogen) atoms. The van der Waals surface area contributed by atoms with E-state index in [4.69, 9.17) is 0 Å². The van der Waals surface area contributed by atoms with Gasteiger partial charge in [0.1, 0.15) is 0 Å². The van der Waals surface area contributed by atoms with Crippen molar-refractivity contribution in [2.75, 3.05) is 0 Å². The van der Waals surface area contributed by atoms with Crippen molar-refractivity contribution in [3.05, 3.63) is 64.1 Å². The van der Waals surface area contributed by atoms with Gasteiger partial charge >= 0.3 is 0 Å². The summed E-state index contributed by atoms with van der Waals surface area (Å²) < 4.78 is 0. The molecule has 0 radical (unpaired) electrons. The fourth-order valence-corrected chi connectivity index (χ4v) is 2.86. The van der Waals surface area contributed by atoms with Gasteiger partial charge in [-0.25, -0.2) is 0 Å². The lowest BCUT2D eigenvalue weighted by Gasteiger charge is -2.04. The second kappa shape index (κ2) is 4.35. The zero-order valence-corrected chi connectivity index (χ0v) is 10.7. The Morgan fingerprint density at radius 1 is 1.11 bits per heavy atom. The van der Waals surface area contributed by atoms with Gasteiger partial charge in [0, 0.05) is 34.3 Å². The molecular weight excluding hydrogens is 242 g/mol. The van der Waals surface area contributed by atoms with E-state index in [2.05, 4.69) is 4.98 Å². The van der Waals surface area contributed by atoms with Gasteiger partial charge < -0.3 is 0 Å². The highest BCUT2D eigenvalue weighted by molar-refractivity contribution is 7.08. The summed E-state index contributed by atoms with van der Waals surface area (Å²) in [4.78, 5) is 16.7. The van der Waals surface area contributed by atoms with E-state index < -0.39 is 0 Å². The lowest BCUT2D eigenvalue weighted by molar-refractivity contribution is 0.104. The van der Waals surface area contributed by atoms with Crippen LogP contribution >= 0.6 is 11.3 Å². The number of carbonyl (C=O) groups is 1.